The minimum atomic E-state index is -0.301. The lowest BCUT2D eigenvalue weighted by molar-refractivity contribution is -0.133. The van der Waals surface area contributed by atoms with Gasteiger partial charge in [-0.1, -0.05) is 60.7 Å². The van der Waals surface area contributed by atoms with Gasteiger partial charge in [0.1, 0.15) is 6.54 Å². The van der Waals surface area contributed by atoms with Crippen molar-refractivity contribution >= 4 is 11.8 Å². The summed E-state index contributed by atoms with van der Waals surface area (Å²) in [7, 11) is 4.52. The lowest BCUT2D eigenvalue weighted by atomic mass is 10.1. The van der Waals surface area contributed by atoms with E-state index < -0.39 is 0 Å². The summed E-state index contributed by atoms with van der Waals surface area (Å²) in [5.74, 6) is 0.696. The average Bonchev–Trinajstić information content (AvgIpc) is 3.45. The van der Waals surface area contributed by atoms with Gasteiger partial charge in [-0.3, -0.25) is 9.59 Å². The van der Waals surface area contributed by atoms with Gasteiger partial charge < -0.3 is 28.6 Å². The van der Waals surface area contributed by atoms with E-state index >= 15 is 0 Å². The standard InChI is InChI=1S/C34H39N3O5/c1-25(2)37(34(39)28-19-30(40-3)33(42-5)31(20-28)41-4)24-32(38)36(22-27-15-10-7-11-16-27)23-29-17-12-18-35(29)21-26-13-8-6-9-14-26/h6-20,25H,21-24H2,1-5H3. The number of hydrogen-bond acceptors (Lipinski definition) is 5. The topological polar surface area (TPSA) is 73.2 Å². The van der Waals surface area contributed by atoms with Crippen molar-refractivity contribution in [2.45, 2.75) is 39.5 Å². The number of amides is 2. The molecule has 0 aliphatic rings. The van der Waals surface area contributed by atoms with E-state index in [1.165, 1.54) is 26.9 Å². The SMILES string of the molecule is COc1cc(C(=O)N(CC(=O)N(Cc2ccccc2)Cc2cccn2Cc2ccccc2)C(C)C)cc(OC)c1OC. The number of carbonyl (C=O) groups excluding carboxylic acids is 2. The van der Waals surface area contributed by atoms with Crippen LogP contribution >= 0.6 is 0 Å². The maximum absolute atomic E-state index is 14.0. The highest BCUT2D eigenvalue weighted by molar-refractivity contribution is 5.98. The molecular weight excluding hydrogens is 530 g/mol. The first kappa shape index (κ1) is 30.2. The summed E-state index contributed by atoms with van der Waals surface area (Å²) in [5, 5.41) is 0. The van der Waals surface area contributed by atoms with E-state index in [1.807, 2.05) is 85.6 Å². The maximum Gasteiger partial charge on any atom is 0.254 e. The minimum absolute atomic E-state index is 0.0839. The molecule has 8 heteroatoms. The van der Waals surface area contributed by atoms with Crippen molar-refractivity contribution in [3.8, 4) is 17.2 Å². The molecule has 42 heavy (non-hydrogen) atoms. The molecule has 3 aromatic carbocycles. The van der Waals surface area contributed by atoms with E-state index in [0.29, 0.717) is 42.4 Å². The number of ether oxygens (including phenoxy) is 3. The summed E-state index contributed by atoms with van der Waals surface area (Å²) in [6, 6.07) is 27.1. The summed E-state index contributed by atoms with van der Waals surface area (Å²) in [6.07, 6.45) is 2.03. The molecule has 0 unspecified atom stereocenters. The molecule has 220 valence electrons. The quantitative estimate of drug-likeness (QED) is 0.208. The Balaban J connectivity index is 1.60. The molecule has 0 N–H and O–H groups in total. The van der Waals surface area contributed by atoms with Crippen LogP contribution in [-0.4, -0.2) is 60.1 Å². The van der Waals surface area contributed by atoms with Gasteiger partial charge in [0, 0.05) is 36.6 Å². The van der Waals surface area contributed by atoms with Crippen LogP contribution in [0.5, 0.6) is 17.2 Å². The van der Waals surface area contributed by atoms with Crippen molar-refractivity contribution in [2.75, 3.05) is 27.9 Å². The third-order valence-corrected chi connectivity index (χ3v) is 7.14. The van der Waals surface area contributed by atoms with Crippen LogP contribution in [0, 0.1) is 0 Å². The van der Waals surface area contributed by atoms with Gasteiger partial charge in [-0.2, -0.15) is 0 Å². The zero-order chi connectivity index (χ0) is 30.1. The first-order valence-electron chi connectivity index (χ1n) is 13.9. The molecule has 1 aromatic heterocycles. The first-order valence-corrected chi connectivity index (χ1v) is 13.9. The smallest absolute Gasteiger partial charge is 0.254 e. The molecule has 0 saturated carbocycles. The second kappa shape index (κ2) is 14.3. The number of nitrogens with zero attached hydrogens (tertiary/aromatic N) is 3. The van der Waals surface area contributed by atoms with Crippen molar-refractivity contribution < 1.29 is 23.8 Å². The van der Waals surface area contributed by atoms with Gasteiger partial charge in [-0.15, -0.1) is 0 Å². The predicted octanol–water partition coefficient (Wildman–Crippen LogP) is 5.64. The molecule has 0 aliphatic carbocycles. The van der Waals surface area contributed by atoms with E-state index in [4.69, 9.17) is 14.2 Å². The Bertz CT molecular complexity index is 1440. The van der Waals surface area contributed by atoms with Crippen molar-refractivity contribution in [3.63, 3.8) is 0 Å². The van der Waals surface area contributed by atoms with Gasteiger partial charge in [-0.05, 0) is 49.2 Å². The number of methoxy groups -OCH3 is 3. The fraction of sp³-hybridized carbons (Fsp3) is 0.294. The Labute approximate surface area is 248 Å². The highest BCUT2D eigenvalue weighted by Crippen LogP contribution is 2.38. The van der Waals surface area contributed by atoms with Crippen molar-refractivity contribution in [1.82, 2.24) is 14.4 Å². The molecule has 0 aliphatic heterocycles. The van der Waals surface area contributed by atoms with Crippen LogP contribution in [0.1, 0.15) is 41.0 Å². The van der Waals surface area contributed by atoms with Crippen LogP contribution in [0.2, 0.25) is 0 Å². The van der Waals surface area contributed by atoms with Gasteiger partial charge in [0.25, 0.3) is 5.91 Å². The molecule has 1 heterocycles. The summed E-state index contributed by atoms with van der Waals surface area (Å²) in [5.41, 5.74) is 3.55. The zero-order valence-electron chi connectivity index (χ0n) is 24.9. The second-order valence-electron chi connectivity index (χ2n) is 10.3. The van der Waals surface area contributed by atoms with E-state index in [-0.39, 0.29) is 24.4 Å². The van der Waals surface area contributed by atoms with Gasteiger partial charge in [0.2, 0.25) is 11.7 Å². The van der Waals surface area contributed by atoms with Gasteiger partial charge in [0.05, 0.1) is 27.9 Å². The Morgan fingerprint density at radius 1 is 0.762 bits per heavy atom. The number of carbonyl (C=O) groups is 2. The first-order chi connectivity index (χ1) is 20.3. The number of hydrogen-bond donors (Lipinski definition) is 0. The van der Waals surface area contributed by atoms with Gasteiger partial charge >= 0.3 is 0 Å². The highest BCUT2D eigenvalue weighted by Gasteiger charge is 2.27. The molecule has 0 radical (unpaired) electrons. The number of aromatic nitrogens is 1. The van der Waals surface area contributed by atoms with E-state index in [0.717, 1.165) is 11.3 Å². The fourth-order valence-corrected chi connectivity index (χ4v) is 4.86. The second-order valence-corrected chi connectivity index (χ2v) is 10.3. The maximum atomic E-state index is 14.0. The summed E-state index contributed by atoms with van der Waals surface area (Å²) in [4.78, 5) is 31.2. The molecule has 0 spiro atoms. The van der Waals surface area contributed by atoms with Crippen LogP contribution in [0.4, 0.5) is 0 Å². The number of benzene rings is 3. The molecule has 8 nitrogen and oxygen atoms in total. The van der Waals surface area contributed by atoms with Crippen LogP contribution in [0.15, 0.2) is 91.1 Å². The Morgan fingerprint density at radius 3 is 1.90 bits per heavy atom. The molecule has 0 saturated heterocycles. The molecule has 0 fully saturated rings. The monoisotopic (exact) mass is 569 g/mol. The van der Waals surface area contributed by atoms with Gasteiger partial charge in [0.15, 0.2) is 11.5 Å². The van der Waals surface area contributed by atoms with E-state index in [2.05, 4.69) is 16.7 Å². The van der Waals surface area contributed by atoms with Crippen LogP contribution in [0.3, 0.4) is 0 Å². The largest absolute Gasteiger partial charge is 0.493 e. The highest BCUT2D eigenvalue weighted by atomic mass is 16.5. The van der Waals surface area contributed by atoms with Crippen LogP contribution in [0.25, 0.3) is 0 Å². The Morgan fingerprint density at radius 2 is 1.36 bits per heavy atom. The Kier molecular flexibility index (Phi) is 10.3. The zero-order valence-corrected chi connectivity index (χ0v) is 24.9. The fourth-order valence-electron chi connectivity index (χ4n) is 4.86. The average molecular weight is 570 g/mol. The molecule has 4 rings (SSSR count). The van der Waals surface area contributed by atoms with Crippen molar-refractivity contribution in [1.29, 1.82) is 0 Å². The third-order valence-electron chi connectivity index (χ3n) is 7.14. The molecule has 4 aromatic rings. The molecular formula is C34H39N3O5. The Hall–Kier alpha value is -4.72. The van der Waals surface area contributed by atoms with E-state index in [9.17, 15) is 9.59 Å². The predicted molar refractivity (Wildman–Crippen MR) is 163 cm³/mol. The minimum Gasteiger partial charge on any atom is -0.493 e. The third kappa shape index (κ3) is 7.32. The van der Waals surface area contributed by atoms with Crippen LogP contribution < -0.4 is 14.2 Å². The molecule has 2 amide bonds. The summed E-state index contributed by atoms with van der Waals surface area (Å²) >= 11 is 0. The lowest BCUT2D eigenvalue weighted by Gasteiger charge is -2.31. The van der Waals surface area contributed by atoms with Gasteiger partial charge in [-0.25, -0.2) is 0 Å². The summed E-state index contributed by atoms with van der Waals surface area (Å²) < 4.78 is 18.5. The molecule has 0 bridgehead atoms. The normalized spacial score (nSPS) is 10.8. The molecule has 0 atom stereocenters. The lowest BCUT2D eigenvalue weighted by Crippen LogP contribution is -2.45. The van der Waals surface area contributed by atoms with Crippen molar-refractivity contribution in [3.05, 3.63) is 114 Å². The van der Waals surface area contributed by atoms with Crippen molar-refractivity contribution in [2.24, 2.45) is 0 Å². The van der Waals surface area contributed by atoms with E-state index in [1.54, 1.807) is 17.0 Å². The summed E-state index contributed by atoms with van der Waals surface area (Å²) in [6.45, 7) is 5.23. The number of rotatable bonds is 13. The van der Waals surface area contributed by atoms with Crippen LogP contribution in [-0.2, 0) is 24.4 Å².